The number of aryl methyl sites for hydroxylation is 1. The van der Waals surface area contributed by atoms with E-state index in [2.05, 4.69) is 0 Å². The van der Waals surface area contributed by atoms with Crippen molar-refractivity contribution in [2.24, 2.45) is 11.7 Å². The topological polar surface area (TPSA) is 63.4 Å². The van der Waals surface area contributed by atoms with Gasteiger partial charge in [-0.2, -0.15) is 4.31 Å². The van der Waals surface area contributed by atoms with Gasteiger partial charge in [-0.15, -0.1) is 0 Å². The average Bonchev–Trinajstić information content (AvgIpc) is 2.33. The summed E-state index contributed by atoms with van der Waals surface area (Å²) < 4.78 is 26.4. The van der Waals surface area contributed by atoms with Gasteiger partial charge in [-0.05, 0) is 31.4 Å². The highest BCUT2D eigenvalue weighted by atomic mass is 32.2. The second-order valence-electron chi connectivity index (χ2n) is 5.11. The van der Waals surface area contributed by atoms with Gasteiger partial charge in [0.2, 0.25) is 10.0 Å². The molecule has 1 aromatic rings. The van der Waals surface area contributed by atoms with E-state index in [9.17, 15) is 8.42 Å². The lowest BCUT2D eigenvalue weighted by atomic mass is 9.96. The minimum atomic E-state index is -3.36. The second kappa shape index (κ2) is 4.99. The van der Waals surface area contributed by atoms with Gasteiger partial charge in [-0.1, -0.05) is 24.6 Å². The van der Waals surface area contributed by atoms with Gasteiger partial charge in [-0.3, -0.25) is 0 Å². The zero-order valence-corrected chi connectivity index (χ0v) is 11.7. The molecule has 2 N–H and O–H groups in total. The van der Waals surface area contributed by atoms with E-state index in [-0.39, 0.29) is 12.0 Å². The first kappa shape index (κ1) is 13.5. The van der Waals surface area contributed by atoms with Crippen LogP contribution >= 0.6 is 0 Å². The first-order valence-corrected chi connectivity index (χ1v) is 7.67. The Bertz CT molecular complexity index is 510. The van der Waals surface area contributed by atoms with Crippen LogP contribution in [0.1, 0.15) is 18.9 Å². The van der Waals surface area contributed by atoms with Crippen molar-refractivity contribution in [1.29, 1.82) is 0 Å². The van der Waals surface area contributed by atoms with E-state index >= 15 is 0 Å². The van der Waals surface area contributed by atoms with Crippen LogP contribution in [-0.2, 0) is 10.0 Å². The number of piperidine rings is 1. The van der Waals surface area contributed by atoms with Crippen LogP contribution in [0, 0.1) is 12.8 Å². The maximum absolute atomic E-state index is 12.4. The number of benzene rings is 1. The molecule has 0 aromatic heterocycles. The third-order valence-corrected chi connectivity index (χ3v) is 5.47. The van der Waals surface area contributed by atoms with Crippen LogP contribution in [0.15, 0.2) is 29.2 Å². The molecule has 1 fully saturated rings. The van der Waals surface area contributed by atoms with Crippen LogP contribution < -0.4 is 5.73 Å². The molecule has 18 heavy (non-hydrogen) atoms. The summed E-state index contributed by atoms with van der Waals surface area (Å²) in [4.78, 5) is 0.371. The molecular weight excluding hydrogens is 248 g/mol. The molecule has 0 amide bonds. The SMILES string of the molecule is Cc1ccc(S(=O)(=O)N2CCC(N)C(C)C2)cc1. The lowest BCUT2D eigenvalue weighted by Gasteiger charge is -2.34. The summed E-state index contributed by atoms with van der Waals surface area (Å²) >= 11 is 0. The van der Waals surface area contributed by atoms with Crippen LogP contribution in [0.4, 0.5) is 0 Å². The summed E-state index contributed by atoms with van der Waals surface area (Å²) in [6, 6.07) is 7.10. The lowest BCUT2D eigenvalue weighted by molar-refractivity contribution is 0.250. The van der Waals surface area contributed by atoms with Gasteiger partial charge >= 0.3 is 0 Å². The number of nitrogens with two attached hydrogens (primary N) is 1. The van der Waals surface area contributed by atoms with Crippen molar-refractivity contribution in [2.75, 3.05) is 13.1 Å². The molecule has 4 nitrogen and oxygen atoms in total. The molecule has 0 spiro atoms. The molecule has 1 saturated heterocycles. The van der Waals surface area contributed by atoms with Gasteiger partial charge in [0.05, 0.1) is 4.90 Å². The van der Waals surface area contributed by atoms with E-state index in [0.29, 0.717) is 18.0 Å². The van der Waals surface area contributed by atoms with Crippen molar-refractivity contribution in [1.82, 2.24) is 4.31 Å². The molecule has 5 heteroatoms. The Morgan fingerprint density at radius 1 is 1.28 bits per heavy atom. The summed E-state index contributed by atoms with van der Waals surface area (Å²) in [6.45, 7) is 4.97. The second-order valence-corrected chi connectivity index (χ2v) is 7.04. The Labute approximate surface area is 109 Å². The molecule has 100 valence electrons. The van der Waals surface area contributed by atoms with Crippen LogP contribution in [0.5, 0.6) is 0 Å². The third kappa shape index (κ3) is 2.58. The summed E-state index contributed by atoms with van der Waals surface area (Å²) in [5, 5.41) is 0. The fourth-order valence-electron chi connectivity index (χ4n) is 2.20. The van der Waals surface area contributed by atoms with Gasteiger partial charge in [0.25, 0.3) is 0 Å². The van der Waals surface area contributed by atoms with Crippen LogP contribution in [0.25, 0.3) is 0 Å². The maximum Gasteiger partial charge on any atom is 0.243 e. The predicted molar refractivity (Wildman–Crippen MR) is 71.7 cm³/mol. The molecule has 0 saturated carbocycles. The summed E-state index contributed by atoms with van der Waals surface area (Å²) in [5.41, 5.74) is 6.98. The third-order valence-electron chi connectivity index (χ3n) is 3.59. The molecule has 1 aromatic carbocycles. The van der Waals surface area contributed by atoms with Gasteiger partial charge in [0, 0.05) is 19.1 Å². The number of hydrogen-bond acceptors (Lipinski definition) is 3. The predicted octanol–water partition coefficient (Wildman–Crippen LogP) is 1.35. The van der Waals surface area contributed by atoms with Crippen molar-refractivity contribution in [3.8, 4) is 0 Å². The molecule has 0 bridgehead atoms. The fourth-order valence-corrected chi connectivity index (χ4v) is 3.76. The first-order valence-electron chi connectivity index (χ1n) is 6.23. The molecule has 1 heterocycles. The monoisotopic (exact) mass is 268 g/mol. The minimum Gasteiger partial charge on any atom is -0.327 e. The normalized spacial score (nSPS) is 26.2. The fraction of sp³-hybridized carbons (Fsp3) is 0.538. The Morgan fingerprint density at radius 3 is 2.44 bits per heavy atom. The van der Waals surface area contributed by atoms with Crippen LogP contribution in [-0.4, -0.2) is 31.9 Å². The molecule has 2 rings (SSSR count). The van der Waals surface area contributed by atoms with Gasteiger partial charge in [0.1, 0.15) is 0 Å². The highest BCUT2D eigenvalue weighted by Gasteiger charge is 2.31. The smallest absolute Gasteiger partial charge is 0.243 e. The molecular formula is C13H20N2O2S. The van der Waals surface area contributed by atoms with E-state index in [1.165, 1.54) is 0 Å². The van der Waals surface area contributed by atoms with Gasteiger partial charge in [0.15, 0.2) is 0 Å². The number of rotatable bonds is 2. The van der Waals surface area contributed by atoms with Crippen molar-refractivity contribution in [2.45, 2.75) is 31.2 Å². The maximum atomic E-state index is 12.4. The van der Waals surface area contributed by atoms with Crippen molar-refractivity contribution in [3.63, 3.8) is 0 Å². The van der Waals surface area contributed by atoms with Crippen molar-refractivity contribution in [3.05, 3.63) is 29.8 Å². The van der Waals surface area contributed by atoms with E-state index in [0.717, 1.165) is 12.0 Å². The van der Waals surface area contributed by atoms with E-state index in [1.54, 1.807) is 16.4 Å². The standard InChI is InChI=1S/C13H20N2O2S/c1-10-3-5-12(6-4-10)18(16,17)15-8-7-13(14)11(2)9-15/h3-6,11,13H,7-9,14H2,1-2H3. The zero-order valence-electron chi connectivity index (χ0n) is 10.8. The summed E-state index contributed by atoms with van der Waals surface area (Å²) in [7, 11) is -3.36. The minimum absolute atomic E-state index is 0.106. The van der Waals surface area contributed by atoms with E-state index < -0.39 is 10.0 Å². The van der Waals surface area contributed by atoms with Crippen LogP contribution in [0.2, 0.25) is 0 Å². The van der Waals surface area contributed by atoms with E-state index in [1.807, 2.05) is 26.0 Å². The van der Waals surface area contributed by atoms with Gasteiger partial charge in [-0.25, -0.2) is 8.42 Å². The average molecular weight is 268 g/mol. The van der Waals surface area contributed by atoms with E-state index in [4.69, 9.17) is 5.73 Å². The number of sulfonamides is 1. The zero-order chi connectivity index (χ0) is 13.3. The van der Waals surface area contributed by atoms with Gasteiger partial charge < -0.3 is 5.73 Å². The quantitative estimate of drug-likeness (QED) is 0.880. The Hall–Kier alpha value is -0.910. The molecule has 2 atom stereocenters. The largest absolute Gasteiger partial charge is 0.327 e. The summed E-state index contributed by atoms with van der Waals surface area (Å²) in [6.07, 6.45) is 0.728. The molecule has 1 aliphatic heterocycles. The Morgan fingerprint density at radius 2 is 1.89 bits per heavy atom. The Kier molecular flexibility index (Phi) is 3.75. The van der Waals surface area contributed by atoms with Crippen molar-refractivity contribution < 1.29 is 8.42 Å². The number of nitrogens with zero attached hydrogens (tertiary/aromatic N) is 1. The molecule has 0 aliphatic carbocycles. The lowest BCUT2D eigenvalue weighted by Crippen LogP contribution is -2.48. The molecule has 2 unspecified atom stereocenters. The number of hydrogen-bond donors (Lipinski definition) is 1. The highest BCUT2D eigenvalue weighted by molar-refractivity contribution is 7.89. The highest BCUT2D eigenvalue weighted by Crippen LogP contribution is 2.23. The molecule has 0 radical (unpaired) electrons. The Balaban J connectivity index is 2.24. The van der Waals surface area contributed by atoms with Crippen molar-refractivity contribution >= 4 is 10.0 Å². The van der Waals surface area contributed by atoms with Crippen LogP contribution in [0.3, 0.4) is 0 Å². The molecule has 1 aliphatic rings. The summed E-state index contributed by atoms with van der Waals surface area (Å²) in [5.74, 6) is 0.207. The first-order chi connectivity index (χ1) is 8.41.